The predicted molar refractivity (Wildman–Crippen MR) is 94.9 cm³/mol. The number of hydrogen-bond donors (Lipinski definition) is 3. The lowest BCUT2D eigenvalue weighted by molar-refractivity contribution is 0.0231. The van der Waals surface area contributed by atoms with Crippen molar-refractivity contribution < 1.29 is 5.11 Å². The molecule has 118 valence electrons. The molecule has 0 aromatic carbocycles. The van der Waals surface area contributed by atoms with Gasteiger partial charge in [0.1, 0.15) is 0 Å². The Labute approximate surface area is 145 Å². The van der Waals surface area contributed by atoms with E-state index in [1.165, 1.54) is 25.5 Å². The second-order valence-corrected chi connectivity index (χ2v) is 8.47. The van der Waals surface area contributed by atoms with Gasteiger partial charge in [0.05, 0.1) is 9.81 Å². The summed E-state index contributed by atoms with van der Waals surface area (Å²) in [6, 6.07) is 0.288. The molecule has 3 unspecified atom stereocenters. The van der Waals surface area contributed by atoms with Crippen LogP contribution < -0.4 is 11.1 Å². The predicted octanol–water partition coefficient (Wildman–Crippen LogP) is 3.61. The summed E-state index contributed by atoms with van der Waals surface area (Å²) < 4.78 is 1.15. The molecule has 3 rings (SSSR count). The van der Waals surface area contributed by atoms with E-state index in [4.69, 9.17) is 17.3 Å². The molecule has 0 radical (unpaired) electrons. The molecule has 0 aromatic rings. The first-order valence-electron chi connectivity index (χ1n) is 7.89. The van der Waals surface area contributed by atoms with E-state index in [2.05, 4.69) is 40.9 Å². The van der Waals surface area contributed by atoms with Gasteiger partial charge < -0.3 is 16.2 Å². The molecular weight excluding hydrogens is 399 g/mol. The second-order valence-electron chi connectivity index (χ2n) is 6.90. The Kier molecular flexibility index (Phi) is 4.25. The maximum absolute atomic E-state index is 11.2. The summed E-state index contributed by atoms with van der Waals surface area (Å²) >= 11 is 8.85. The Morgan fingerprint density at radius 2 is 2.19 bits per heavy atom. The molecule has 1 spiro atoms. The van der Waals surface area contributed by atoms with Gasteiger partial charge in [-0.3, -0.25) is 0 Å². The van der Waals surface area contributed by atoms with Crippen molar-refractivity contribution in [2.75, 3.05) is 0 Å². The van der Waals surface area contributed by atoms with Gasteiger partial charge in [-0.15, -0.1) is 0 Å². The second kappa shape index (κ2) is 5.60. The number of hydrogen-bond acceptors (Lipinski definition) is 3. The smallest absolute Gasteiger partial charge is 0.0700 e. The summed E-state index contributed by atoms with van der Waals surface area (Å²) in [5.74, 6) is 0.352. The fourth-order valence-electron chi connectivity index (χ4n) is 4.69. The molecular formula is C16H24ClIN2O. The molecule has 1 heterocycles. The zero-order valence-electron chi connectivity index (χ0n) is 12.4. The van der Waals surface area contributed by atoms with Crippen LogP contribution >= 0.6 is 34.2 Å². The van der Waals surface area contributed by atoms with Crippen molar-refractivity contribution in [1.29, 1.82) is 0 Å². The van der Waals surface area contributed by atoms with Gasteiger partial charge in [-0.05, 0) is 60.8 Å². The molecule has 2 fully saturated rings. The molecule has 1 aliphatic heterocycles. The Hall–Kier alpha value is 0.0600. The minimum atomic E-state index is -0.395. The van der Waals surface area contributed by atoms with Crippen LogP contribution in [0.1, 0.15) is 45.4 Å². The summed E-state index contributed by atoms with van der Waals surface area (Å²) in [4.78, 5) is 0. The van der Waals surface area contributed by atoms with E-state index >= 15 is 0 Å². The quantitative estimate of drug-likeness (QED) is 0.481. The van der Waals surface area contributed by atoms with Gasteiger partial charge in [0, 0.05) is 28.1 Å². The lowest BCUT2D eigenvalue weighted by atomic mass is 9.74. The van der Waals surface area contributed by atoms with Crippen molar-refractivity contribution in [3.63, 3.8) is 0 Å². The SMILES string of the molecule is C[C@@H]1NC(I)=CC12CC2(/C(Cl)=C\N)C(O)C1CCCCC1. The van der Waals surface area contributed by atoms with Gasteiger partial charge >= 0.3 is 0 Å². The lowest BCUT2D eigenvalue weighted by Gasteiger charge is -2.36. The summed E-state index contributed by atoms with van der Waals surface area (Å²) in [6.45, 7) is 2.18. The van der Waals surface area contributed by atoms with Crippen LogP contribution in [0.4, 0.5) is 0 Å². The van der Waals surface area contributed by atoms with Crippen molar-refractivity contribution in [2.45, 2.75) is 57.6 Å². The van der Waals surface area contributed by atoms with Crippen LogP contribution in [0.3, 0.4) is 0 Å². The van der Waals surface area contributed by atoms with Gasteiger partial charge in [-0.25, -0.2) is 0 Å². The van der Waals surface area contributed by atoms with E-state index < -0.39 is 6.10 Å². The molecule has 0 aromatic heterocycles. The Bertz CT molecular complexity index is 489. The number of rotatable bonds is 3. The van der Waals surface area contributed by atoms with E-state index in [1.807, 2.05) is 0 Å². The fourth-order valence-corrected chi connectivity index (χ4v) is 6.07. The van der Waals surface area contributed by atoms with Gasteiger partial charge in [0.2, 0.25) is 0 Å². The minimum absolute atomic E-state index is 0.0761. The van der Waals surface area contributed by atoms with Gasteiger partial charge in [-0.2, -0.15) is 0 Å². The highest BCUT2D eigenvalue weighted by Gasteiger charge is 2.75. The molecule has 21 heavy (non-hydrogen) atoms. The van der Waals surface area contributed by atoms with Crippen molar-refractivity contribution in [2.24, 2.45) is 22.5 Å². The summed E-state index contributed by atoms with van der Waals surface area (Å²) in [7, 11) is 0. The van der Waals surface area contributed by atoms with Crippen molar-refractivity contribution in [1.82, 2.24) is 5.32 Å². The van der Waals surface area contributed by atoms with Gasteiger partial charge in [0.25, 0.3) is 0 Å². The zero-order valence-corrected chi connectivity index (χ0v) is 15.3. The topological polar surface area (TPSA) is 58.3 Å². The third-order valence-corrected chi connectivity index (χ3v) is 7.05. The normalized spacial score (nSPS) is 41.8. The number of nitrogens with one attached hydrogen (secondary N) is 1. The Morgan fingerprint density at radius 3 is 2.71 bits per heavy atom. The first-order valence-corrected chi connectivity index (χ1v) is 9.34. The average Bonchev–Trinajstić information content (AvgIpc) is 3.08. The molecule has 3 aliphatic rings. The van der Waals surface area contributed by atoms with Crippen molar-refractivity contribution in [3.05, 3.63) is 21.0 Å². The van der Waals surface area contributed by atoms with Crippen LogP contribution in [0.5, 0.6) is 0 Å². The van der Waals surface area contributed by atoms with Crippen LogP contribution in [-0.2, 0) is 0 Å². The standard InChI is InChI=1S/C16H24ClIN2O/c1-10-15(7-13(18)20-10)9-16(15,12(17)8-19)14(21)11-5-3-2-4-6-11/h7-8,10-11,14,20-21H,2-6,9,19H2,1H3/b12-8+/t10-,14?,15?,16?/m0/s1. The lowest BCUT2D eigenvalue weighted by Crippen LogP contribution is -2.40. The molecule has 0 bridgehead atoms. The van der Waals surface area contributed by atoms with Crippen LogP contribution in [0, 0.1) is 16.7 Å². The summed E-state index contributed by atoms with van der Waals surface area (Å²) in [5.41, 5.74) is 5.29. The Morgan fingerprint density at radius 1 is 1.52 bits per heavy atom. The fraction of sp³-hybridized carbons (Fsp3) is 0.750. The van der Waals surface area contributed by atoms with E-state index in [1.54, 1.807) is 0 Å². The van der Waals surface area contributed by atoms with Crippen LogP contribution in [0.2, 0.25) is 0 Å². The maximum atomic E-state index is 11.2. The van der Waals surface area contributed by atoms with Gasteiger partial charge in [0.15, 0.2) is 0 Å². The molecule has 0 saturated heterocycles. The highest BCUT2D eigenvalue weighted by atomic mass is 127. The van der Waals surface area contributed by atoms with Gasteiger partial charge in [-0.1, -0.05) is 30.9 Å². The number of aliphatic hydroxyl groups is 1. The minimum Gasteiger partial charge on any atom is -0.404 e. The molecule has 4 N–H and O–H groups in total. The maximum Gasteiger partial charge on any atom is 0.0700 e. The van der Waals surface area contributed by atoms with E-state index in [-0.39, 0.29) is 16.9 Å². The monoisotopic (exact) mass is 422 g/mol. The zero-order chi connectivity index (χ0) is 15.3. The first kappa shape index (κ1) is 15.9. The molecule has 4 atom stereocenters. The van der Waals surface area contributed by atoms with E-state index in [0.29, 0.717) is 11.0 Å². The van der Waals surface area contributed by atoms with Crippen LogP contribution in [-0.4, -0.2) is 17.3 Å². The molecule has 3 nitrogen and oxygen atoms in total. The summed E-state index contributed by atoms with van der Waals surface area (Å²) in [5, 5.41) is 15.3. The summed E-state index contributed by atoms with van der Waals surface area (Å²) in [6.07, 6.45) is 10.2. The highest BCUT2D eigenvalue weighted by Crippen LogP contribution is 2.75. The highest BCUT2D eigenvalue weighted by molar-refractivity contribution is 14.1. The molecule has 5 heteroatoms. The first-order chi connectivity index (χ1) is 9.98. The van der Waals surface area contributed by atoms with Crippen molar-refractivity contribution in [3.8, 4) is 0 Å². The van der Waals surface area contributed by atoms with Crippen molar-refractivity contribution >= 4 is 34.2 Å². The number of nitrogens with two attached hydrogens (primary N) is 1. The number of aliphatic hydroxyl groups excluding tert-OH is 1. The molecule has 2 saturated carbocycles. The Balaban J connectivity index is 1.93. The third kappa shape index (κ3) is 2.24. The molecule has 0 amide bonds. The van der Waals surface area contributed by atoms with Crippen LogP contribution in [0.15, 0.2) is 21.0 Å². The average molecular weight is 423 g/mol. The van der Waals surface area contributed by atoms with E-state index in [9.17, 15) is 5.11 Å². The molecule has 2 aliphatic carbocycles. The number of halogens is 2. The van der Waals surface area contributed by atoms with E-state index in [0.717, 1.165) is 23.0 Å². The van der Waals surface area contributed by atoms with Crippen LogP contribution in [0.25, 0.3) is 0 Å². The largest absolute Gasteiger partial charge is 0.404 e. The third-order valence-electron chi connectivity index (χ3n) is 5.96.